The Kier molecular flexibility index (Phi) is 4.29. The number of ether oxygens (including phenoxy) is 4. The summed E-state index contributed by atoms with van der Waals surface area (Å²) in [6.45, 7) is 0. The van der Waals surface area contributed by atoms with Gasteiger partial charge in [0.25, 0.3) is 5.95 Å². The highest BCUT2D eigenvalue weighted by Crippen LogP contribution is 2.34. The molecule has 0 amide bonds. The summed E-state index contributed by atoms with van der Waals surface area (Å²) in [5.74, 6) is 1.91. The number of rotatable bonds is 5. The first-order chi connectivity index (χ1) is 11.7. The topological polar surface area (TPSA) is 67.1 Å². The predicted octanol–water partition coefficient (Wildman–Crippen LogP) is 3.61. The average Bonchev–Trinajstić information content (AvgIpc) is 2.60. The van der Waals surface area contributed by atoms with Crippen LogP contribution < -0.4 is 24.4 Å². The van der Waals surface area contributed by atoms with Crippen LogP contribution in [-0.4, -0.2) is 21.3 Å². The summed E-state index contributed by atoms with van der Waals surface area (Å²) in [6.07, 6.45) is 0. The van der Waals surface area contributed by atoms with Crippen LogP contribution >= 0.6 is 0 Å². The summed E-state index contributed by atoms with van der Waals surface area (Å²) in [6, 6.07) is 11.6. The molecule has 124 valence electrons. The molecule has 1 heterocycles. The molecule has 0 bridgehead atoms. The van der Waals surface area contributed by atoms with Gasteiger partial charge in [0.15, 0.2) is 16.9 Å². The normalized spacial score (nSPS) is 10.5. The van der Waals surface area contributed by atoms with Crippen LogP contribution in [-0.2, 0) is 0 Å². The molecular formula is C18H16O6. The minimum absolute atomic E-state index is 0.0484. The summed E-state index contributed by atoms with van der Waals surface area (Å²) < 4.78 is 27.0. The maximum Gasteiger partial charge on any atom is 0.294 e. The third kappa shape index (κ3) is 2.86. The van der Waals surface area contributed by atoms with E-state index >= 15 is 0 Å². The van der Waals surface area contributed by atoms with Gasteiger partial charge in [0.2, 0.25) is 0 Å². The lowest BCUT2D eigenvalue weighted by Gasteiger charge is -2.11. The molecular weight excluding hydrogens is 312 g/mol. The second-order valence-corrected chi connectivity index (χ2v) is 4.89. The van der Waals surface area contributed by atoms with E-state index in [4.69, 9.17) is 23.4 Å². The first-order valence-corrected chi connectivity index (χ1v) is 7.17. The van der Waals surface area contributed by atoms with Crippen molar-refractivity contribution in [3.63, 3.8) is 0 Å². The van der Waals surface area contributed by atoms with E-state index in [1.807, 2.05) is 6.07 Å². The van der Waals surface area contributed by atoms with Crippen LogP contribution in [0.15, 0.2) is 51.7 Å². The molecule has 0 saturated heterocycles. The van der Waals surface area contributed by atoms with E-state index < -0.39 is 0 Å². The number of benzene rings is 2. The molecule has 0 atom stereocenters. The van der Waals surface area contributed by atoms with Crippen molar-refractivity contribution >= 4 is 11.0 Å². The van der Waals surface area contributed by atoms with E-state index in [0.29, 0.717) is 34.0 Å². The van der Waals surface area contributed by atoms with Crippen LogP contribution in [0, 0.1) is 0 Å². The highest BCUT2D eigenvalue weighted by atomic mass is 16.6. The minimum atomic E-state index is -0.277. The van der Waals surface area contributed by atoms with Gasteiger partial charge >= 0.3 is 0 Å². The SMILES string of the molecule is COc1cc(OC)c2c(=O)cc(Oc3ccccc3OC)oc2c1. The molecule has 0 aliphatic rings. The Morgan fingerprint density at radius 1 is 0.833 bits per heavy atom. The monoisotopic (exact) mass is 328 g/mol. The van der Waals surface area contributed by atoms with Crippen LogP contribution in [0.3, 0.4) is 0 Å². The van der Waals surface area contributed by atoms with Crippen LogP contribution in [0.5, 0.6) is 28.9 Å². The van der Waals surface area contributed by atoms with Crippen LogP contribution in [0.25, 0.3) is 11.0 Å². The van der Waals surface area contributed by atoms with E-state index in [1.165, 1.54) is 27.4 Å². The third-order valence-electron chi connectivity index (χ3n) is 3.48. The molecule has 3 aromatic rings. The lowest BCUT2D eigenvalue weighted by molar-refractivity contribution is 0.326. The lowest BCUT2D eigenvalue weighted by Crippen LogP contribution is -2.03. The van der Waals surface area contributed by atoms with Gasteiger partial charge in [-0.3, -0.25) is 4.79 Å². The zero-order valence-electron chi connectivity index (χ0n) is 13.5. The summed E-state index contributed by atoms with van der Waals surface area (Å²) >= 11 is 0. The Bertz CT molecular complexity index is 928. The van der Waals surface area contributed by atoms with Gasteiger partial charge in [0, 0.05) is 12.1 Å². The van der Waals surface area contributed by atoms with Gasteiger partial charge < -0.3 is 23.4 Å². The molecule has 0 fully saturated rings. The molecule has 6 heteroatoms. The van der Waals surface area contributed by atoms with Gasteiger partial charge in [0.05, 0.1) is 27.4 Å². The van der Waals surface area contributed by atoms with Gasteiger partial charge in [0.1, 0.15) is 22.5 Å². The van der Waals surface area contributed by atoms with E-state index in [-0.39, 0.29) is 11.4 Å². The fourth-order valence-electron chi connectivity index (χ4n) is 2.35. The number of fused-ring (bicyclic) bond motifs is 1. The first kappa shape index (κ1) is 15.7. The number of hydrogen-bond donors (Lipinski definition) is 0. The van der Waals surface area contributed by atoms with Gasteiger partial charge in [-0.15, -0.1) is 0 Å². The zero-order chi connectivity index (χ0) is 17.1. The standard InChI is InChI=1S/C18H16O6/c1-20-11-8-15(22-3)18-12(19)10-17(24-16(18)9-11)23-14-7-5-4-6-13(14)21-2/h4-10H,1-3H3. The van der Waals surface area contributed by atoms with Crippen molar-refractivity contribution in [1.29, 1.82) is 0 Å². The summed E-state index contributed by atoms with van der Waals surface area (Å²) in [7, 11) is 4.54. The Labute approximate surface area is 138 Å². The quantitative estimate of drug-likeness (QED) is 0.713. The fraction of sp³-hybridized carbons (Fsp3) is 0.167. The van der Waals surface area contributed by atoms with E-state index in [9.17, 15) is 4.79 Å². The van der Waals surface area contributed by atoms with Gasteiger partial charge in [-0.05, 0) is 12.1 Å². The molecule has 0 aliphatic carbocycles. The minimum Gasteiger partial charge on any atom is -0.496 e. The highest BCUT2D eigenvalue weighted by molar-refractivity contribution is 5.85. The van der Waals surface area contributed by atoms with E-state index in [2.05, 4.69) is 0 Å². The molecule has 0 spiro atoms. The molecule has 2 aromatic carbocycles. The highest BCUT2D eigenvalue weighted by Gasteiger charge is 2.14. The first-order valence-electron chi connectivity index (χ1n) is 7.17. The third-order valence-corrected chi connectivity index (χ3v) is 3.48. The van der Waals surface area contributed by atoms with Crippen molar-refractivity contribution in [2.75, 3.05) is 21.3 Å². The van der Waals surface area contributed by atoms with Crippen molar-refractivity contribution in [3.8, 4) is 28.9 Å². The molecule has 0 radical (unpaired) electrons. The zero-order valence-corrected chi connectivity index (χ0v) is 13.5. The van der Waals surface area contributed by atoms with Crippen LogP contribution in [0.4, 0.5) is 0 Å². The maximum absolute atomic E-state index is 12.4. The van der Waals surface area contributed by atoms with Gasteiger partial charge in [-0.2, -0.15) is 0 Å². The second-order valence-electron chi connectivity index (χ2n) is 4.89. The Morgan fingerprint density at radius 3 is 2.21 bits per heavy atom. The lowest BCUT2D eigenvalue weighted by atomic mass is 10.2. The van der Waals surface area contributed by atoms with E-state index in [1.54, 1.807) is 30.3 Å². The van der Waals surface area contributed by atoms with Crippen molar-refractivity contribution < 1.29 is 23.4 Å². The molecule has 0 N–H and O–H groups in total. The predicted molar refractivity (Wildman–Crippen MR) is 88.7 cm³/mol. The molecule has 1 aromatic heterocycles. The molecule has 0 saturated carbocycles. The number of hydrogen-bond acceptors (Lipinski definition) is 6. The Balaban J connectivity index is 2.12. The van der Waals surface area contributed by atoms with Gasteiger partial charge in [-0.1, -0.05) is 12.1 Å². The van der Waals surface area contributed by atoms with Crippen molar-refractivity contribution in [2.45, 2.75) is 0 Å². The fourth-order valence-corrected chi connectivity index (χ4v) is 2.35. The molecule has 24 heavy (non-hydrogen) atoms. The number of para-hydroxylation sites is 2. The Hall–Kier alpha value is -3.15. The van der Waals surface area contributed by atoms with Crippen molar-refractivity contribution in [2.24, 2.45) is 0 Å². The largest absolute Gasteiger partial charge is 0.496 e. The summed E-state index contributed by atoms with van der Waals surface area (Å²) in [5.41, 5.74) is 0.0317. The molecule has 6 nitrogen and oxygen atoms in total. The summed E-state index contributed by atoms with van der Waals surface area (Å²) in [5, 5.41) is 0.325. The molecule has 0 aliphatic heterocycles. The summed E-state index contributed by atoms with van der Waals surface area (Å²) in [4.78, 5) is 12.4. The van der Waals surface area contributed by atoms with Crippen LogP contribution in [0.2, 0.25) is 0 Å². The second kappa shape index (κ2) is 6.54. The van der Waals surface area contributed by atoms with Gasteiger partial charge in [-0.25, -0.2) is 0 Å². The maximum atomic E-state index is 12.4. The molecule has 3 rings (SSSR count). The Morgan fingerprint density at radius 2 is 1.54 bits per heavy atom. The average molecular weight is 328 g/mol. The molecule has 0 unspecified atom stereocenters. The van der Waals surface area contributed by atoms with Crippen molar-refractivity contribution in [3.05, 3.63) is 52.7 Å². The van der Waals surface area contributed by atoms with Crippen LogP contribution in [0.1, 0.15) is 0 Å². The van der Waals surface area contributed by atoms with E-state index in [0.717, 1.165) is 0 Å². The smallest absolute Gasteiger partial charge is 0.294 e. The number of methoxy groups -OCH3 is 3. The van der Waals surface area contributed by atoms with Crippen molar-refractivity contribution in [1.82, 2.24) is 0 Å².